The highest BCUT2D eigenvalue weighted by Gasteiger charge is 2.27. The lowest BCUT2D eigenvalue weighted by Gasteiger charge is -2.22. The molecule has 0 bridgehead atoms. The van der Waals surface area contributed by atoms with Crippen molar-refractivity contribution in [1.29, 1.82) is 0 Å². The van der Waals surface area contributed by atoms with Crippen LogP contribution in [-0.4, -0.2) is 39.0 Å². The second-order valence-corrected chi connectivity index (χ2v) is 7.45. The maximum absolute atomic E-state index is 12.4. The van der Waals surface area contributed by atoms with Gasteiger partial charge in [0.2, 0.25) is 0 Å². The molecule has 2 aromatic rings. The highest BCUT2D eigenvalue weighted by Crippen LogP contribution is 2.21. The molecule has 0 aliphatic rings. The van der Waals surface area contributed by atoms with Gasteiger partial charge in [0.25, 0.3) is 0 Å². The molecule has 1 unspecified atom stereocenters. The fraction of sp³-hybridized carbons (Fsp3) is 0.571. The SMILES string of the molecule is CCCc1nc(OC(CC)C(=O)OC(C)(C)C)nn1-c1cccc(OCC)c1. The number of hydrogen-bond acceptors (Lipinski definition) is 6. The van der Waals surface area contributed by atoms with Crippen LogP contribution in [0.15, 0.2) is 24.3 Å². The van der Waals surface area contributed by atoms with Gasteiger partial charge >= 0.3 is 12.0 Å². The van der Waals surface area contributed by atoms with Crippen LogP contribution in [0, 0.1) is 0 Å². The molecule has 0 fully saturated rings. The summed E-state index contributed by atoms with van der Waals surface area (Å²) in [6.07, 6.45) is 1.36. The first-order valence-electron chi connectivity index (χ1n) is 9.86. The van der Waals surface area contributed by atoms with Gasteiger partial charge in [0.1, 0.15) is 17.2 Å². The Kier molecular flexibility index (Phi) is 7.43. The molecule has 7 nitrogen and oxygen atoms in total. The molecule has 1 aromatic heterocycles. The van der Waals surface area contributed by atoms with Gasteiger partial charge in [-0.2, -0.15) is 4.98 Å². The van der Waals surface area contributed by atoms with E-state index in [1.165, 1.54) is 0 Å². The van der Waals surface area contributed by atoms with Crippen LogP contribution < -0.4 is 9.47 Å². The van der Waals surface area contributed by atoms with Crippen LogP contribution in [-0.2, 0) is 16.0 Å². The van der Waals surface area contributed by atoms with E-state index in [2.05, 4.69) is 17.0 Å². The van der Waals surface area contributed by atoms with Crippen molar-refractivity contribution < 1.29 is 19.0 Å². The molecule has 0 N–H and O–H groups in total. The highest BCUT2D eigenvalue weighted by atomic mass is 16.6. The molecule has 154 valence electrons. The first-order chi connectivity index (χ1) is 13.3. The van der Waals surface area contributed by atoms with E-state index in [0.29, 0.717) is 13.0 Å². The van der Waals surface area contributed by atoms with Crippen molar-refractivity contribution in [1.82, 2.24) is 14.8 Å². The molecule has 1 atom stereocenters. The average Bonchev–Trinajstić information content (AvgIpc) is 3.01. The molecule has 0 saturated carbocycles. The number of benzene rings is 1. The third-order valence-electron chi connectivity index (χ3n) is 3.79. The van der Waals surface area contributed by atoms with Crippen LogP contribution in [0.1, 0.15) is 60.2 Å². The second-order valence-electron chi connectivity index (χ2n) is 7.45. The monoisotopic (exact) mass is 389 g/mol. The van der Waals surface area contributed by atoms with Gasteiger partial charge in [-0.3, -0.25) is 0 Å². The summed E-state index contributed by atoms with van der Waals surface area (Å²) in [6, 6.07) is 7.82. The minimum atomic E-state index is -0.751. The predicted molar refractivity (Wildman–Crippen MR) is 107 cm³/mol. The Bertz CT molecular complexity index is 780. The molecule has 0 aliphatic heterocycles. The van der Waals surface area contributed by atoms with Crippen molar-refractivity contribution in [2.75, 3.05) is 6.61 Å². The molecule has 0 amide bonds. The van der Waals surface area contributed by atoms with E-state index < -0.39 is 17.7 Å². The third kappa shape index (κ3) is 5.97. The smallest absolute Gasteiger partial charge is 0.347 e. The Morgan fingerprint density at radius 1 is 1.21 bits per heavy atom. The molecule has 1 aromatic carbocycles. The van der Waals surface area contributed by atoms with Gasteiger partial charge in [0, 0.05) is 12.5 Å². The molecule has 0 aliphatic carbocycles. The molecular formula is C21H31N3O4. The summed E-state index contributed by atoms with van der Waals surface area (Å²) >= 11 is 0. The second kappa shape index (κ2) is 9.57. The fourth-order valence-corrected chi connectivity index (χ4v) is 2.63. The average molecular weight is 389 g/mol. The first kappa shape index (κ1) is 21.7. The summed E-state index contributed by atoms with van der Waals surface area (Å²) in [4.78, 5) is 16.9. The van der Waals surface area contributed by atoms with Crippen LogP contribution in [0.3, 0.4) is 0 Å². The summed E-state index contributed by atoms with van der Waals surface area (Å²) in [5.74, 6) is 1.12. The number of carbonyl (C=O) groups excluding carboxylic acids is 1. The molecule has 0 saturated heterocycles. The fourth-order valence-electron chi connectivity index (χ4n) is 2.63. The summed E-state index contributed by atoms with van der Waals surface area (Å²) in [6.45, 7) is 12.0. The van der Waals surface area contributed by atoms with Gasteiger partial charge in [-0.1, -0.05) is 19.9 Å². The van der Waals surface area contributed by atoms with Crippen molar-refractivity contribution in [2.24, 2.45) is 0 Å². The van der Waals surface area contributed by atoms with Crippen molar-refractivity contribution in [3.8, 4) is 17.4 Å². The molecule has 7 heteroatoms. The Hall–Kier alpha value is -2.57. The lowest BCUT2D eigenvalue weighted by molar-refractivity contribution is -0.163. The zero-order valence-corrected chi connectivity index (χ0v) is 17.7. The van der Waals surface area contributed by atoms with Crippen molar-refractivity contribution in [3.63, 3.8) is 0 Å². The topological polar surface area (TPSA) is 75.5 Å². The Morgan fingerprint density at radius 2 is 1.96 bits per heavy atom. The van der Waals surface area contributed by atoms with Crippen molar-refractivity contribution in [3.05, 3.63) is 30.1 Å². The quantitative estimate of drug-likeness (QED) is 0.601. The Morgan fingerprint density at radius 3 is 2.57 bits per heavy atom. The minimum Gasteiger partial charge on any atom is -0.494 e. The minimum absolute atomic E-state index is 0.169. The van der Waals surface area contributed by atoms with Crippen LogP contribution in [0.4, 0.5) is 0 Å². The molecule has 0 radical (unpaired) electrons. The number of aromatic nitrogens is 3. The van der Waals surface area contributed by atoms with E-state index in [0.717, 1.165) is 30.1 Å². The van der Waals surface area contributed by atoms with Gasteiger partial charge < -0.3 is 14.2 Å². The number of nitrogens with zero attached hydrogens (tertiary/aromatic N) is 3. The number of rotatable bonds is 9. The number of carbonyl (C=O) groups is 1. The highest BCUT2D eigenvalue weighted by molar-refractivity contribution is 5.75. The molecule has 2 rings (SSSR count). The van der Waals surface area contributed by atoms with Crippen LogP contribution in [0.5, 0.6) is 11.8 Å². The van der Waals surface area contributed by atoms with Gasteiger partial charge in [-0.05, 0) is 52.7 Å². The van der Waals surface area contributed by atoms with Gasteiger partial charge in [0.05, 0.1) is 12.3 Å². The maximum atomic E-state index is 12.4. The maximum Gasteiger partial charge on any atom is 0.347 e. The summed E-state index contributed by atoms with van der Waals surface area (Å²) in [5, 5.41) is 4.49. The summed E-state index contributed by atoms with van der Waals surface area (Å²) in [5.41, 5.74) is 0.260. The van der Waals surface area contributed by atoms with Crippen molar-refractivity contribution >= 4 is 5.97 Å². The number of hydrogen-bond donors (Lipinski definition) is 0. The van der Waals surface area contributed by atoms with Gasteiger partial charge in [-0.25, -0.2) is 9.48 Å². The molecular weight excluding hydrogens is 358 g/mol. The number of aryl methyl sites for hydroxylation is 1. The van der Waals surface area contributed by atoms with E-state index >= 15 is 0 Å². The molecule has 1 heterocycles. The van der Waals surface area contributed by atoms with Gasteiger partial charge in [0.15, 0.2) is 6.10 Å². The Labute approximate surface area is 167 Å². The van der Waals surface area contributed by atoms with Crippen LogP contribution in [0.25, 0.3) is 5.69 Å². The first-order valence-corrected chi connectivity index (χ1v) is 9.86. The van der Waals surface area contributed by atoms with Crippen LogP contribution >= 0.6 is 0 Å². The Balaban J connectivity index is 2.28. The largest absolute Gasteiger partial charge is 0.494 e. The third-order valence-corrected chi connectivity index (χ3v) is 3.79. The number of esters is 1. The van der Waals surface area contributed by atoms with E-state index in [1.807, 2.05) is 58.9 Å². The molecule has 0 spiro atoms. The van der Waals surface area contributed by atoms with E-state index in [9.17, 15) is 4.79 Å². The normalized spacial score (nSPS) is 12.5. The van der Waals surface area contributed by atoms with Gasteiger partial charge in [-0.15, -0.1) is 5.10 Å². The molecule has 28 heavy (non-hydrogen) atoms. The summed E-state index contributed by atoms with van der Waals surface area (Å²) < 4.78 is 18.5. The van der Waals surface area contributed by atoms with Crippen molar-refractivity contribution in [2.45, 2.75) is 72.5 Å². The summed E-state index contributed by atoms with van der Waals surface area (Å²) in [7, 11) is 0. The standard InChI is InChI=1S/C21H31N3O4/c1-7-11-18-22-20(27-17(8-2)19(25)28-21(4,5)6)23-24(18)15-12-10-13-16(14-15)26-9-3/h10,12-14,17H,7-9,11H2,1-6H3. The zero-order chi connectivity index (χ0) is 20.7. The number of ether oxygens (including phenoxy) is 3. The lowest BCUT2D eigenvalue weighted by Crippen LogP contribution is -2.35. The lowest BCUT2D eigenvalue weighted by atomic mass is 10.2. The predicted octanol–water partition coefficient (Wildman–Crippen LogP) is 4.12. The van der Waals surface area contributed by atoms with E-state index in [4.69, 9.17) is 14.2 Å². The van der Waals surface area contributed by atoms with E-state index in [-0.39, 0.29) is 6.01 Å². The van der Waals surface area contributed by atoms with Crippen LogP contribution in [0.2, 0.25) is 0 Å². The van der Waals surface area contributed by atoms with E-state index in [1.54, 1.807) is 4.68 Å². The zero-order valence-electron chi connectivity index (χ0n) is 17.7.